The Morgan fingerprint density at radius 2 is 2.08 bits per heavy atom. The lowest BCUT2D eigenvalue weighted by Gasteiger charge is -1.82. The van der Waals surface area contributed by atoms with Crippen molar-refractivity contribution >= 4 is 29.1 Å². The van der Waals surface area contributed by atoms with Crippen LogP contribution in [0.15, 0.2) is 11.6 Å². The largest absolute Gasteiger partial charge is 0.251 e. The molecule has 1 aromatic rings. The molecule has 2 nitrogen and oxygen atoms in total. The molecule has 0 aliphatic carbocycles. The third-order valence-corrected chi connectivity index (χ3v) is 2.00. The first kappa shape index (κ1) is 11.0. The molecular formula is C9H14N2S. The Labute approximate surface area is 77.7 Å². The van der Waals surface area contributed by atoms with Crippen LogP contribution in [0.1, 0.15) is 24.5 Å². The van der Waals surface area contributed by atoms with Gasteiger partial charge in [0.15, 0.2) is 0 Å². The van der Waals surface area contributed by atoms with Gasteiger partial charge in [-0.25, -0.2) is 4.98 Å². The summed E-state index contributed by atoms with van der Waals surface area (Å²) in [5.41, 5.74) is 0.831. The maximum Gasteiger partial charge on any atom is 0.142 e. The number of nitrogens with zero attached hydrogens (tertiary/aromatic N) is 2. The van der Waals surface area contributed by atoms with E-state index in [-0.39, 0.29) is 0 Å². The minimum Gasteiger partial charge on any atom is -0.251 e. The predicted molar refractivity (Wildman–Crippen MR) is 57.5 cm³/mol. The van der Waals surface area contributed by atoms with E-state index in [2.05, 4.69) is 23.3 Å². The van der Waals surface area contributed by atoms with Crippen molar-refractivity contribution in [1.29, 1.82) is 0 Å². The number of aryl methyl sites for hydroxylation is 1. The molecule has 0 atom stereocenters. The second kappa shape index (κ2) is 5.66. The normalized spacial score (nSPS) is 8.25. The average molecular weight is 182 g/mol. The number of thiazole rings is 1. The topological polar surface area (TPSA) is 25.2 Å². The molecule has 0 spiro atoms. The summed E-state index contributed by atoms with van der Waals surface area (Å²) in [7, 11) is 0. The Morgan fingerprint density at radius 1 is 1.50 bits per heavy atom. The number of aromatic nitrogens is 1. The second-order valence-electron chi connectivity index (χ2n) is 1.79. The number of aliphatic imine (C=N–C) groups is 1. The minimum atomic E-state index is 0.831. The molecule has 0 aromatic carbocycles. The Morgan fingerprint density at radius 3 is 2.42 bits per heavy atom. The first-order valence-electron chi connectivity index (χ1n) is 3.84. The van der Waals surface area contributed by atoms with Crippen molar-refractivity contribution in [2.75, 3.05) is 0 Å². The highest BCUT2D eigenvalue weighted by Crippen LogP contribution is 2.26. The summed E-state index contributed by atoms with van der Waals surface area (Å²) in [6, 6.07) is 0. The summed E-state index contributed by atoms with van der Waals surface area (Å²) in [5.74, 6) is 0. The van der Waals surface area contributed by atoms with Crippen LogP contribution in [0.25, 0.3) is 6.08 Å². The summed E-state index contributed by atoms with van der Waals surface area (Å²) in [4.78, 5) is 7.96. The Hall–Kier alpha value is -0.960. The quantitative estimate of drug-likeness (QED) is 0.643. The smallest absolute Gasteiger partial charge is 0.142 e. The zero-order valence-corrected chi connectivity index (χ0v) is 8.61. The zero-order valence-electron chi connectivity index (χ0n) is 7.79. The monoisotopic (exact) mass is 182 g/mol. The second-order valence-corrected chi connectivity index (χ2v) is 2.97. The Bertz CT molecular complexity index is 238. The van der Waals surface area contributed by atoms with Crippen molar-refractivity contribution in [2.24, 2.45) is 4.99 Å². The zero-order chi connectivity index (χ0) is 9.56. The van der Waals surface area contributed by atoms with Crippen molar-refractivity contribution in [3.05, 3.63) is 17.3 Å². The molecule has 0 bridgehead atoms. The molecular weight excluding hydrogens is 168 g/mol. The van der Waals surface area contributed by atoms with Gasteiger partial charge in [0.1, 0.15) is 5.00 Å². The van der Waals surface area contributed by atoms with Gasteiger partial charge in [-0.3, -0.25) is 4.99 Å². The van der Waals surface area contributed by atoms with E-state index in [1.807, 2.05) is 20.8 Å². The van der Waals surface area contributed by atoms with Crippen LogP contribution in [0.5, 0.6) is 0 Å². The molecule has 0 aliphatic heterocycles. The Kier molecular flexibility index (Phi) is 5.21. The van der Waals surface area contributed by atoms with Crippen molar-refractivity contribution in [3.63, 3.8) is 0 Å². The van der Waals surface area contributed by atoms with E-state index in [4.69, 9.17) is 0 Å². The standard InChI is InChI=1S/C7H8N2S.C2H6/c1-4-6-7(8-3)10-5(2)9-6;1-2/h4H,1,3H2,2H3;1-2H3. The van der Waals surface area contributed by atoms with Gasteiger partial charge < -0.3 is 0 Å². The molecule has 12 heavy (non-hydrogen) atoms. The molecule has 3 heteroatoms. The Balaban J connectivity index is 0.000000561. The number of hydrogen-bond donors (Lipinski definition) is 0. The van der Waals surface area contributed by atoms with Gasteiger partial charge in [0, 0.05) is 0 Å². The maximum absolute atomic E-state index is 4.17. The molecule has 0 N–H and O–H groups in total. The number of rotatable bonds is 2. The molecule has 0 radical (unpaired) electrons. The molecule has 0 saturated heterocycles. The summed E-state index contributed by atoms with van der Waals surface area (Å²) in [6.45, 7) is 13.0. The molecule has 1 rings (SSSR count). The van der Waals surface area contributed by atoms with Gasteiger partial charge in [-0.05, 0) is 19.7 Å². The van der Waals surface area contributed by atoms with E-state index in [1.165, 1.54) is 11.3 Å². The SMILES string of the molecule is C=Cc1nc(C)sc1N=C.CC. The number of hydrogen-bond acceptors (Lipinski definition) is 3. The third kappa shape index (κ3) is 2.58. The molecule has 0 fully saturated rings. The predicted octanol–water partition coefficient (Wildman–Crippen LogP) is 3.45. The van der Waals surface area contributed by atoms with Gasteiger partial charge >= 0.3 is 0 Å². The third-order valence-electron chi connectivity index (χ3n) is 1.08. The maximum atomic E-state index is 4.17. The van der Waals surface area contributed by atoms with E-state index in [0.29, 0.717) is 0 Å². The summed E-state index contributed by atoms with van der Waals surface area (Å²) < 4.78 is 0. The van der Waals surface area contributed by atoms with Gasteiger partial charge in [-0.1, -0.05) is 31.8 Å². The molecule has 1 aromatic heterocycles. The minimum absolute atomic E-state index is 0.831. The first-order chi connectivity index (χ1) is 5.77. The van der Waals surface area contributed by atoms with Crippen molar-refractivity contribution in [1.82, 2.24) is 4.98 Å². The molecule has 0 saturated carbocycles. The molecule has 0 unspecified atom stereocenters. The van der Waals surface area contributed by atoms with E-state index in [1.54, 1.807) is 6.08 Å². The van der Waals surface area contributed by atoms with E-state index >= 15 is 0 Å². The summed E-state index contributed by atoms with van der Waals surface area (Å²) in [6.07, 6.45) is 1.69. The van der Waals surface area contributed by atoms with Crippen LogP contribution in [0.2, 0.25) is 0 Å². The first-order valence-corrected chi connectivity index (χ1v) is 4.66. The van der Waals surface area contributed by atoms with Crippen LogP contribution in [0, 0.1) is 6.92 Å². The molecule has 0 aliphatic rings. The highest BCUT2D eigenvalue weighted by Gasteiger charge is 2.01. The van der Waals surface area contributed by atoms with Gasteiger partial charge in [0.2, 0.25) is 0 Å². The lowest BCUT2D eigenvalue weighted by atomic mass is 10.4. The van der Waals surface area contributed by atoms with Crippen molar-refractivity contribution in [2.45, 2.75) is 20.8 Å². The van der Waals surface area contributed by atoms with Crippen LogP contribution in [-0.2, 0) is 0 Å². The molecule has 66 valence electrons. The molecule has 1 heterocycles. The summed E-state index contributed by atoms with van der Waals surface area (Å²) in [5, 5.41) is 1.85. The van der Waals surface area contributed by atoms with Gasteiger partial charge in [-0.2, -0.15) is 0 Å². The fraction of sp³-hybridized carbons (Fsp3) is 0.333. The highest BCUT2D eigenvalue weighted by molar-refractivity contribution is 7.15. The van der Waals surface area contributed by atoms with Crippen LogP contribution >= 0.6 is 11.3 Å². The van der Waals surface area contributed by atoms with Gasteiger partial charge in [0.05, 0.1) is 10.7 Å². The van der Waals surface area contributed by atoms with Crippen LogP contribution in [0.4, 0.5) is 5.00 Å². The highest BCUT2D eigenvalue weighted by atomic mass is 32.1. The fourth-order valence-corrected chi connectivity index (χ4v) is 1.40. The van der Waals surface area contributed by atoms with E-state index < -0.39 is 0 Å². The van der Waals surface area contributed by atoms with Crippen LogP contribution < -0.4 is 0 Å². The van der Waals surface area contributed by atoms with E-state index in [9.17, 15) is 0 Å². The van der Waals surface area contributed by atoms with Gasteiger partial charge in [0.25, 0.3) is 0 Å². The lowest BCUT2D eigenvalue weighted by molar-refractivity contribution is 1.27. The lowest BCUT2D eigenvalue weighted by Crippen LogP contribution is -1.69. The van der Waals surface area contributed by atoms with Crippen LogP contribution in [0.3, 0.4) is 0 Å². The van der Waals surface area contributed by atoms with Crippen molar-refractivity contribution in [3.8, 4) is 0 Å². The van der Waals surface area contributed by atoms with E-state index in [0.717, 1.165) is 15.7 Å². The average Bonchev–Trinajstić information content (AvgIpc) is 2.49. The van der Waals surface area contributed by atoms with Crippen LogP contribution in [-0.4, -0.2) is 11.7 Å². The summed E-state index contributed by atoms with van der Waals surface area (Å²) >= 11 is 1.53. The fourth-order valence-electron chi connectivity index (χ4n) is 0.679. The van der Waals surface area contributed by atoms with Crippen molar-refractivity contribution < 1.29 is 0 Å². The van der Waals surface area contributed by atoms with Gasteiger partial charge in [-0.15, -0.1) is 0 Å². The molecule has 0 amide bonds.